The second-order valence-corrected chi connectivity index (χ2v) is 8.13. The molecule has 0 N–H and O–H groups in total. The van der Waals surface area contributed by atoms with E-state index >= 15 is 0 Å². The van der Waals surface area contributed by atoms with Crippen LogP contribution in [0, 0.1) is 18.3 Å². The Morgan fingerprint density at radius 1 is 1.18 bits per heavy atom. The minimum absolute atomic E-state index is 0.0854. The first-order valence-electron chi connectivity index (χ1n) is 11.0. The van der Waals surface area contributed by atoms with Crippen molar-refractivity contribution in [3.05, 3.63) is 89.0 Å². The van der Waals surface area contributed by atoms with Gasteiger partial charge in [0.15, 0.2) is 5.82 Å². The molecular formula is C26H24N6O. The predicted octanol–water partition coefficient (Wildman–Crippen LogP) is 4.75. The van der Waals surface area contributed by atoms with E-state index in [4.69, 9.17) is 14.8 Å². The normalized spacial score (nSPS) is 15.4. The molecule has 0 amide bonds. The number of aryl methyl sites for hydroxylation is 2. The zero-order valence-electron chi connectivity index (χ0n) is 18.6. The summed E-state index contributed by atoms with van der Waals surface area (Å²) in [6.45, 7) is 2.80. The smallest absolute Gasteiger partial charge is 0.174 e. The number of aromatic nitrogens is 5. The molecule has 0 spiro atoms. The van der Waals surface area contributed by atoms with Gasteiger partial charge < -0.3 is 9.30 Å². The molecule has 1 atom stereocenters. The van der Waals surface area contributed by atoms with Crippen LogP contribution in [0.5, 0.6) is 5.75 Å². The Kier molecular flexibility index (Phi) is 5.49. The molecule has 2 aromatic heterocycles. The highest BCUT2D eigenvalue weighted by Gasteiger charge is 2.27. The van der Waals surface area contributed by atoms with Crippen LogP contribution in [0.25, 0.3) is 17.8 Å². The van der Waals surface area contributed by atoms with Gasteiger partial charge in [-0.25, -0.2) is 14.6 Å². The van der Waals surface area contributed by atoms with E-state index in [1.807, 2.05) is 77.0 Å². The monoisotopic (exact) mass is 436 g/mol. The Balaban J connectivity index is 1.42. The van der Waals surface area contributed by atoms with Crippen LogP contribution in [-0.2, 0) is 6.54 Å². The molecule has 7 nitrogen and oxygen atoms in total. The van der Waals surface area contributed by atoms with E-state index in [0.717, 1.165) is 53.5 Å². The van der Waals surface area contributed by atoms with E-state index in [1.165, 1.54) is 0 Å². The molecule has 0 unspecified atom stereocenters. The fourth-order valence-corrected chi connectivity index (χ4v) is 4.37. The fraction of sp³-hybridized carbons (Fsp3) is 0.231. The van der Waals surface area contributed by atoms with Gasteiger partial charge in [0, 0.05) is 18.7 Å². The van der Waals surface area contributed by atoms with Crippen molar-refractivity contribution in [1.29, 1.82) is 5.26 Å². The summed E-state index contributed by atoms with van der Waals surface area (Å²) in [4.78, 5) is 9.12. The van der Waals surface area contributed by atoms with Gasteiger partial charge in [-0.2, -0.15) is 10.4 Å². The Morgan fingerprint density at radius 3 is 2.85 bits per heavy atom. The summed E-state index contributed by atoms with van der Waals surface area (Å²) < 4.78 is 9.54. The lowest BCUT2D eigenvalue weighted by Gasteiger charge is -2.23. The Bertz CT molecular complexity index is 1370. The van der Waals surface area contributed by atoms with Crippen molar-refractivity contribution in [2.24, 2.45) is 0 Å². The molecule has 1 aliphatic rings. The van der Waals surface area contributed by atoms with Crippen LogP contribution in [0.2, 0.25) is 0 Å². The van der Waals surface area contributed by atoms with Gasteiger partial charge >= 0.3 is 0 Å². The van der Waals surface area contributed by atoms with Crippen LogP contribution in [0.4, 0.5) is 0 Å². The van der Waals surface area contributed by atoms with E-state index in [1.54, 1.807) is 13.4 Å². The third-order valence-electron chi connectivity index (χ3n) is 5.97. The van der Waals surface area contributed by atoms with E-state index in [9.17, 15) is 5.26 Å². The molecule has 3 heterocycles. The topological polar surface area (TPSA) is 81.5 Å². The zero-order valence-corrected chi connectivity index (χ0v) is 18.6. The standard InChI is InChI=1S/C26H24N6O/c1-18-16-31(17-28-18)23-11-9-19(14-24(23)33-2)10-12-25-29-26-22(8-5-13-32(26)30-25)21-7-4-3-6-20(21)15-27/h3-4,6-7,9-12,14,16-17,22H,5,8,13H2,1-2H3/t22-/m0/s1. The Morgan fingerprint density at radius 2 is 2.06 bits per heavy atom. The molecule has 164 valence electrons. The SMILES string of the molecule is COc1cc(C=Cc2nc3n(n2)CCC[C@H]3c2ccccc2C#N)ccc1-n1cnc(C)c1. The van der Waals surface area contributed by atoms with Crippen LogP contribution in [0.3, 0.4) is 0 Å². The minimum atomic E-state index is 0.0854. The fourth-order valence-electron chi connectivity index (χ4n) is 4.37. The molecule has 4 aromatic rings. The van der Waals surface area contributed by atoms with E-state index < -0.39 is 0 Å². The lowest BCUT2D eigenvalue weighted by Crippen LogP contribution is -2.18. The quantitative estimate of drug-likeness (QED) is 0.451. The number of ether oxygens (including phenoxy) is 1. The summed E-state index contributed by atoms with van der Waals surface area (Å²) in [5.74, 6) is 2.44. The Labute approximate surface area is 192 Å². The highest BCUT2D eigenvalue weighted by molar-refractivity contribution is 5.69. The molecule has 0 saturated carbocycles. The van der Waals surface area contributed by atoms with E-state index in [-0.39, 0.29) is 5.92 Å². The number of nitriles is 1. The van der Waals surface area contributed by atoms with E-state index in [0.29, 0.717) is 11.4 Å². The average molecular weight is 437 g/mol. The second kappa shape index (κ2) is 8.75. The first-order chi connectivity index (χ1) is 16.2. The van der Waals surface area contributed by atoms with E-state index in [2.05, 4.69) is 11.1 Å². The van der Waals surface area contributed by atoms with Crippen molar-refractivity contribution in [3.63, 3.8) is 0 Å². The van der Waals surface area contributed by atoms with Gasteiger partial charge in [-0.15, -0.1) is 0 Å². The molecular weight excluding hydrogens is 412 g/mol. The maximum atomic E-state index is 9.53. The molecule has 0 radical (unpaired) electrons. The van der Waals surface area contributed by atoms with Crippen LogP contribution >= 0.6 is 0 Å². The summed E-state index contributed by atoms with van der Waals surface area (Å²) in [6.07, 6.45) is 9.64. The molecule has 1 aliphatic heterocycles. The lowest BCUT2D eigenvalue weighted by atomic mass is 9.88. The van der Waals surface area contributed by atoms with Gasteiger partial charge in [-0.3, -0.25) is 0 Å². The number of hydrogen-bond acceptors (Lipinski definition) is 5. The first-order valence-corrected chi connectivity index (χ1v) is 11.0. The van der Waals surface area contributed by atoms with Gasteiger partial charge in [-0.1, -0.05) is 30.3 Å². The molecule has 33 heavy (non-hydrogen) atoms. The number of methoxy groups -OCH3 is 1. The third-order valence-corrected chi connectivity index (χ3v) is 5.97. The summed E-state index contributed by atoms with van der Waals surface area (Å²) >= 11 is 0. The lowest BCUT2D eigenvalue weighted by molar-refractivity contribution is 0.413. The molecule has 2 aromatic carbocycles. The van der Waals surface area contributed by atoms with Gasteiger partial charge in [0.25, 0.3) is 0 Å². The van der Waals surface area contributed by atoms with Crippen molar-refractivity contribution in [2.75, 3.05) is 7.11 Å². The molecule has 0 bridgehead atoms. The molecule has 0 aliphatic carbocycles. The molecule has 0 saturated heterocycles. The average Bonchev–Trinajstić information content (AvgIpc) is 3.48. The maximum Gasteiger partial charge on any atom is 0.174 e. The molecule has 7 heteroatoms. The number of fused-ring (bicyclic) bond motifs is 1. The summed E-state index contributed by atoms with van der Waals surface area (Å²) in [5, 5.41) is 14.2. The number of rotatable bonds is 5. The number of benzene rings is 2. The zero-order chi connectivity index (χ0) is 22.8. The van der Waals surface area contributed by atoms with Crippen LogP contribution in [0.1, 0.15) is 52.8 Å². The van der Waals surface area contributed by atoms with Gasteiger partial charge in [0.1, 0.15) is 11.6 Å². The minimum Gasteiger partial charge on any atom is -0.495 e. The van der Waals surface area contributed by atoms with Crippen molar-refractivity contribution >= 4 is 12.2 Å². The molecule has 0 fully saturated rings. The number of imidazole rings is 1. The highest BCUT2D eigenvalue weighted by atomic mass is 16.5. The van der Waals surface area contributed by atoms with Crippen LogP contribution < -0.4 is 4.74 Å². The highest BCUT2D eigenvalue weighted by Crippen LogP contribution is 2.34. The Hall–Kier alpha value is -4.18. The van der Waals surface area contributed by atoms with Gasteiger partial charge in [0.05, 0.1) is 36.5 Å². The van der Waals surface area contributed by atoms with Crippen molar-refractivity contribution in [1.82, 2.24) is 24.3 Å². The summed E-state index contributed by atoms with van der Waals surface area (Å²) in [7, 11) is 1.67. The number of nitrogens with zero attached hydrogens (tertiary/aromatic N) is 6. The second-order valence-electron chi connectivity index (χ2n) is 8.13. The third kappa shape index (κ3) is 4.03. The summed E-state index contributed by atoms with van der Waals surface area (Å²) in [6, 6.07) is 16.1. The largest absolute Gasteiger partial charge is 0.495 e. The summed E-state index contributed by atoms with van der Waals surface area (Å²) in [5.41, 5.74) is 4.61. The van der Waals surface area contributed by atoms with Crippen LogP contribution in [-0.4, -0.2) is 31.4 Å². The van der Waals surface area contributed by atoms with Gasteiger partial charge in [-0.05, 0) is 55.2 Å². The van der Waals surface area contributed by atoms with Crippen molar-refractivity contribution < 1.29 is 4.74 Å². The maximum absolute atomic E-state index is 9.53. The van der Waals surface area contributed by atoms with Crippen molar-refractivity contribution in [3.8, 4) is 17.5 Å². The number of hydrogen-bond donors (Lipinski definition) is 0. The van der Waals surface area contributed by atoms with Crippen molar-refractivity contribution in [2.45, 2.75) is 32.2 Å². The van der Waals surface area contributed by atoms with Gasteiger partial charge in [0.2, 0.25) is 0 Å². The van der Waals surface area contributed by atoms with Crippen LogP contribution in [0.15, 0.2) is 55.0 Å². The molecule has 5 rings (SSSR count). The first kappa shape index (κ1) is 20.7. The predicted molar refractivity (Wildman–Crippen MR) is 126 cm³/mol.